The van der Waals surface area contributed by atoms with E-state index in [1.54, 1.807) is 12.4 Å². The summed E-state index contributed by atoms with van der Waals surface area (Å²) in [5.41, 5.74) is 3.29. The molecular formula is C13H15N3. The van der Waals surface area contributed by atoms with Gasteiger partial charge in [0.25, 0.3) is 0 Å². The standard InChI is InChI=1S/C13H15N3/c1-10(2)12-5-7-15-9-13(12)16-11-4-3-6-14-8-11/h3-10,16H,1-2H3. The van der Waals surface area contributed by atoms with E-state index in [0.717, 1.165) is 11.4 Å². The van der Waals surface area contributed by atoms with E-state index in [0.29, 0.717) is 5.92 Å². The minimum absolute atomic E-state index is 0.474. The zero-order valence-corrected chi connectivity index (χ0v) is 9.51. The van der Waals surface area contributed by atoms with E-state index in [1.165, 1.54) is 5.56 Å². The Morgan fingerprint density at radius 1 is 1.06 bits per heavy atom. The first-order chi connectivity index (χ1) is 7.77. The molecule has 0 saturated heterocycles. The van der Waals surface area contributed by atoms with Gasteiger partial charge in [0, 0.05) is 12.4 Å². The molecule has 2 rings (SSSR count). The quantitative estimate of drug-likeness (QED) is 0.849. The largest absolute Gasteiger partial charge is 0.353 e. The second-order valence-corrected chi connectivity index (χ2v) is 3.98. The second-order valence-electron chi connectivity index (χ2n) is 3.98. The third kappa shape index (κ3) is 2.37. The highest BCUT2D eigenvalue weighted by atomic mass is 14.9. The van der Waals surface area contributed by atoms with Gasteiger partial charge in [-0.05, 0) is 29.7 Å². The van der Waals surface area contributed by atoms with Crippen LogP contribution in [-0.4, -0.2) is 9.97 Å². The number of pyridine rings is 2. The summed E-state index contributed by atoms with van der Waals surface area (Å²) in [6.45, 7) is 4.34. The SMILES string of the molecule is CC(C)c1ccncc1Nc1cccnc1. The molecule has 82 valence electrons. The third-order valence-corrected chi connectivity index (χ3v) is 2.42. The first kappa shape index (κ1) is 10.6. The monoisotopic (exact) mass is 213 g/mol. The smallest absolute Gasteiger partial charge is 0.0606 e. The molecule has 0 aliphatic heterocycles. The zero-order chi connectivity index (χ0) is 11.4. The summed E-state index contributed by atoms with van der Waals surface area (Å²) in [6.07, 6.45) is 7.24. The highest BCUT2D eigenvalue weighted by Crippen LogP contribution is 2.25. The van der Waals surface area contributed by atoms with Crippen LogP contribution in [0.2, 0.25) is 0 Å². The molecule has 2 aromatic rings. The Balaban J connectivity index is 2.28. The normalized spacial score (nSPS) is 10.4. The molecule has 3 heteroatoms. The summed E-state index contributed by atoms with van der Waals surface area (Å²) in [7, 11) is 0. The van der Waals surface area contributed by atoms with Gasteiger partial charge in [0.2, 0.25) is 0 Å². The van der Waals surface area contributed by atoms with Crippen molar-refractivity contribution in [3.63, 3.8) is 0 Å². The van der Waals surface area contributed by atoms with Crippen molar-refractivity contribution in [3.8, 4) is 0 Å². The Labute approximate surface area is 95.6 Å². The number of rotatable bonds is 3. The summed E-state index contributed by atoms with van der Waals surface area (Å²) >= 11 is 0. The molecule has 0 fully saturated rings. The predicted molar refractivity (Wildman–Crippen MR) is 65.8 cm³/mol. The molecule has 0 aliphatic rings. The van der Waals surface area contributed by atoms with Crippen molar-refractivity contribution in [1.29, 1.82) is 0 Å². The van der Waals surface area contributed by atoms with Gasteiger partial charge in [-0.25, -0.2) is 0 Å². The number of hydrogen-bond acceptors (Lipinski definition) is 3. The first-order valence-electron chi connectivity index (χ1n) is 5.38. The van der Waals surface area contributed by atoms with Gasteiger partial charge in [-0.15, -0.1) is 0 Å². The molecule has 0 saturated carbocycles. The molecule has 2 heterocycles. The third-order valence-electron chi connectivity index (χ3n) is 2.42. The Kier molecular flexibility index (Phi) is 3.15. The van der Waals surface area contributed by atoms with Gasteiger partial charge in [0.1, 0.15) is 0 Å². The van der Waals surface area contributed by atoms with Crippen LogP contribution in [0.3, 0.4) is 0 Å². The van der Waals surface area contributed by atoms with Crippen molar-refractivity contribution >= 4 is 11.4 Å². The van der Waals surface area contributed by atoms with Gasteiger partial charge in [-0.1, -0.05) is 13.8 Å². The molecule has 1 N–H and O–H groups in total. The maximum absolute atomic E-state index is 4.14. The molecular weight excluding hydrogens is 198 g/mol. The number of nitrogens with zero attached hydrogens (tertiary/aromatic N) is 2. The minimum Gasteiger partial charge on any atom is -0.353 e. The van der Waals surface area contributed by atoms with Gasteiger partial charge in [-0.2, -0.15) is 0 Å². The van der Waals surface area contributed by atoms with E-state index in [1.807, 2.05) is 30.6 Å². The van der Waals surface area contributed by atoms with Crippen LogP contribution in [0.25, 0.3) is 0 Å². The van der Waals surface area contributed by atoms with Gasteiger partial charge in [0.15, 0.2) is 0 Å². The summed E-state index contributed by atoms with van der Waals surface area (Å²) < 4.78 is 0. The van der Waals surface area contributed by atoms with Crippen LogP contribution in [0.5, 0.6) is 0 Å². The Morgan fingerprint density at radius 3 is 2.56 bits per heavy atom. The molecule has 0 bridgehead atoms. The topological polar surface area (TPSA) is 37.8 Å². The summed E-state index contributed by atoms with van der Waals surface area (Å²) in [6, 6.07) is 5.95. The number of anilines is 2. The molecule has 3 nitrogen and oxygen atoms in total. The summed E-state index contributed by atoms with van der Waals surface area (Å²) in [4.78, 5) is 8.21. The lowest BCUT2D eigenvalue weighted by Gasteiger charge is -2.13. The van der Waals surface area contributed by atoms with Crippen LogP contribution in [0.4, 0.5) is 11.4 Å². The molecule has 2 aromatic heterocycles. The maximum atomic E-state index is 4.14. The van der Waals surface area contributed by atoms with Crippen molar-refractivity contribution in [3.05, 3.63) is 48.5 Å². The van der Waals surface area contributed by atoms with E-state index in [9.17, 15) is 0 Å². The van der Waals surface area contributed by atoms with E-state index in [-0.39, 0.29) is 0 Å². The highest BCUT2D eigenvalue weighted by Gasteiger charge is 2.06. The second kappa shape index (κ2) is 4.75. The van der Waals surface area contributed by atoms with E-state index in [4.69, 9.17) is 0 Å². The lowest BCUT2D eigenvalue weighted by atomic mass is 10.0. The van der Waals surface area contributed by atoms with E-state index in [2.05, 4.69) is 29.1 Å². The molecule has 0 atom stereocenters. The predicted octanol–water partition coefficient (Wildman–Crippen LogP) is 3.34. The molecule has 0 aliphatic carbocycles. The highest BCUT2D eigenvalue weighted by molar-refractivity contribution is 5.61. The Hall–Kier alpha value is -1.90. The molecule has 0 radical (unpaired) electrons. The first-order valence-corrected chi connectivity index (χ1v) is 5.38. The molecule has 0 amide bonds. The fourth-order valence-corrected chi connectivity index (χ4v) is 1.61. The average Bonchev–Trinajstić information content (AvgIpc) is 2.31. The van der Waals surface area contributed by atoms with Crippen LogP contribution in [0.15, 0.2) is 43.0 Å². The van der Waals surface area contributed by atoms with Crippen molar-refractivity contribution in [2.75, 3.05) is 5.32 Å². The average molecular weight is 213 g/mol. The van der Waals surface area contributed by atoms with Crippen molar-refractivity contribution in [2.24, 2.45) is 0 Å². The number of aromatic nitrogens is 2. The fourth-order valence-electron chi connectivity index (χ4n) is 1.61. The fraction of sp³-hybridized carbons (Fsp3) is 0.231. The Bertz CT molecular complexity index is 452. The van der Waals surface area contributed by atoms with Crippen LogP contribution in [0, 0.1) is 0 Å². The van der Waals surface area contributed by atoms with Gasteiger partial charge in [0.05, 0.1) is 23.8 Å². The van der Waals surface area contributed by atoms with Crippen LogP contribution in [-0.2, 0) is 0 Å². The van der Waals surface area contributed by atoms with Crippen LogP contribution in [0.1, 0.15) is 25.3 Å². The summed E-state index contributed by atoms with van der Waals surface area (Å²) in [5, 5.41) is 3.33. The van der Waals surface area contributed by atoms with Crippen LogP contribution < -0.4 is 5.32 Å². The molecule has 0 spiro atoms. The van der Waals surface area contributed by atoms with Crippen molar-refractivity contribution in [1.82, 2.24) is 9.97 Å². The zero-order valence-electron chi connectivity index (χ0n) is 9.51. The van der Waals surface area contributed by atoms with Crippen LogP contribution >= 0.6 is 0 Å². The molecule has 0 aromatic carbocycles. The van der Waals surface area contributed by atoms with Crippen molar-refractivity contribution in [2.45, 2.75) is 19.8 Å². The van der Waals surface area contributed by atoms with Gasteiger partial charge < -0.3 is 5.32 Å². The van der Waals surface area contributed by atoms with E-state index >= 15 is 0 Å². The lowest BCUT2D eigenvalue weighted by Crippen LogP contribution is -1.98. The van der Waals surface area contributed by atoms with Gasteiger partial charge in [-0.3, -0.25) is 9.97 Å². The minimum atomic E-state index is 0.474. The number of nitrogens with one attached hydrogen (secondary N) is 1. The Morgan fingerprint density at radius 2 is 1.88 bits per heavy atom. The van der Waals surface area contributed by atoms with Crippen molar-refractivity contribution < 1.29 is 0 Å². The maximum Gasteiger partial charge on any atom is 0.0606 e. The summed E-state index contributed by atoms with van der Waals surface area (Å²) in [5.74, 6) is 0.474. The lowest BCUT2D eigenvalue weighted by molar-refractivity contribution is 0.865. The molecule has 16 heavy (non-hydrogen) atoms. The number of hydrogen-bond donors (Lipinski definition) is 1. The van der Waals surface area contributed by atoms with Gasteiger partial charge >= 0.3 is 0 Å². The van der Waals surface area contributed by atoms with E-state index < -0.39 is 0 Å². The molecule has 0 unspecified atom stereocenters.